The Morgan fingerprint density at radius 1 is 1.17 bits per heavy atom. The molecule has 0 bridgehead atoms. The normalized spacial score (nSPS) is 14.2. The summed E-state index contributed by atoms with van der Waals surface area (Å²) in [5.74, 6) is 0.0122. The van der Waals surface area contributed by atoms with Gasteiger partial charge in [0.1, 0.15) is 10.7 Å². The molecule has 4 nitrogen and oxygen atoms in total. The molecule has 1 aliphatic heterocycles. The van der Waals surface area contributed by atoms with Crippen molar-refractivity contribution in [3.8, 4) is 0 Å². The van der Waals surface area contributed by atoms with E-state index in [1.165, 1.54) is 0 Å². The summed E-state index contributed by atoms with van der Waals surface area (Å²) in [6.07, 6.45) is 0. The van der Waals surface area contributed by atoms with Gasteiger partial charge in [-0.15, -0.1) is 12.4 Å². The molecule has 0 unspecified atom stereocenters. The van der Waals surface area contributed by atoms with Gasteiger partial charge in [0.2, 0.25) is 0 Å². The maximum absolute atomic E-state index is 12.5. The highest BCUT2D eigenvalue weighted by molar-refractivity contribution is 9.10. The zero-order chi connectivity index (χ0) is 15.4. The Morgan fingerprint density at radius 3 is 2.65 bits per heavy atom. The highest BCUT2D eigenvalue weighted by Crippen LogP contribution is 2.28. The highest BCUT2D eigenvalue weighted by atomic mass is 79.9. The first-order chi connectivity index (χ1) is 10.7. The van der Waals surface area contributed by atoms with Crippen molar-refractivity contribution in [2.45, 2.75) is 9.92 Å². The van der Waals surface area contributed by atoms with Gasteiger partial charge in [-0.3, -0.25) is 4.79 Å². The van der Waals surface area contributed by atoms with Crippen LogP contribution < -0.4 is 5.32 Å². The first-order valence-electron chi connectivity index (χ1n) is 7.13. The molecule has 7 heteroatoms. The second kappa shape index (κ2) is 8.68. The van der Waals surface area contributed by atoms with Gasteiger partial charge in [0.05, 0.1) is 0 Å². The molecule has 1 aromatic carbocycles. The molecule has 1 aliphatic rings. The van der Waals surface area contributed by atoms with Crippen LogP contribution in [0.1, 0.15) is 10.5 Å². The topological polar surface area (TPSA) is 45.2 Å². The van der Waals surface area contributed by atoms with Gasteiger partial charge in [-0.25, -0.2) is 4.98 Å². The average molecular weight is 415 g/mol. The third-order valence-electron chi connectivity index (χ3n) is 3.37. The number of aromatic nitrogens is 1. The fourth-order valence-electron chi connectivity index (χ4n) is 2.27. The Balaban J connectivity index is 0.00000192. The van der Waals surface area contributed by atoms with E-state index in [1.807, 2.05) is 41.3 Å². The average Bonchev–Trinajstić information content (AvgIpc) is 2.55. The van der Waals surface area contributed by atoms with E-state index in [2.05, 4.69) is 26.2 Å². The molecule has 2 heterocycles. The number of pyridine rings is 1. The maximum atomic E-state index is 12.5. The smallest absolute Gasteiger partial charge is 0.272 e. The molecule has 3 rings (SSSR count). The van der Waals surface area contributed by atoms with E-state index < -0.39 is 0 Å². The molecular weight excluding hydrogens is 398 g/mol. The number of carbonyl (C=O) groups excluding carboxylic acids is 1. The molecule has 0 radical (unpaired) electrons. The Labute approximate surface area is 154 Å². The summed E-state index contributed by atoms with van der Waals surface area (Å²) in [5, 5.41) is 4.08. The first-order valence-corrected chi connectivity index (χ1v) is 8.74. The Kier molecular flexibility index (Phi) is 6.89. The molecule has 2 aromatic rings. The fourth-order valence-corrected chi connectivity index (χ4v) is 3.69. The Morgan fingerprint density at radius 2 is 1.91 bits per heavy atom. The van der Waals surface area contributed by atoms with Crippen molar-refractivity contribution >= 4 is 46.0 Å². The molecule has 0 aliphatic carbocycles. The summed E-state index contributed by atoms with van der Waals surface area (Å²) in [6.45, 7) is 3.17. The predicted octanol–water partition coefficient (Wildman–Crippen LogP) is 3.46. The van der Waals surface area contributed by atoms with E-state index in [4.69, 9.17) is 0 Å². The number of hydrogen-bond donors (Lipinski definition) is 1. The summed E-state index contributed by atoms with van der Waals surface area (Å²) in [4.78, 5) is 19.9. The van der Waals surface area contributed by atoms with Crippen LogP contribution in [0.3, 0.4) is 0 Å². The van der Waals surface area contributed by atoms with Crippen LogP contribution >= 0.6 is 40.1 Å². The molecular formula is C16H17BrClN3OS. The molecule has 1 saturated heterocycles. The van der Waals surface area contributed by atoms with Gasteiger partial charge in [0, 0.05) is 35.5 Å². The van der Waals surface area contributed by atoms with Crippen LogP contribution in [0.5, 0.6) is 0 Å². The minimum Gasteiger partial charge on any atom is -0.335 e. The molecule has 0 atom stereocenters. The van der Waals surface area contributed by atoms with E-state index in [-0.39, 0.29) is 18.3 Å². The molecule has 1 N–H and O–H groups in total. The fraction of sp³-hybridized carbons (Fsp3) is 0.250. The summed E-state index contributed by atoms with van der Waals surface area (Å²) in [6, 6.07) is 13.7. The lowest BCUT2D eigenvalue weighted by Crippen LogP contribution is -2.46. The number of amides is 1. The summed E-state index contributed by atoms with van der Waals surface area (Å²) < 4.78 is 1.03. The zero-order valence-electron chi connectivity index (χ0n) is 12.4. The largest absolute Gasteiger partial charge is 0.335 e. The van der Waals surface area contributed by atoms with Crippen LogP contribution in [0.15, 0.2) is 56.9 Å². The predicted molar refractivity (Wildman–Crippen MR) is 98.5 cm³/mol. The highest BCUT2D eigenvalue weighted by Gasteiger charge is 2.19. The summed E-state index contributed by atoms with van der Waals surface area (Å²) >= 11 is 5.02. The van der Waals surface area contributed by atoms with Crippen LogP contribution in [0.25, 0.3) is 0 Å². The SMILES string of the molecule is Cl.O=C(c1cccc(Sc2cccc(Br)c2)n1)N1CCNCC1. The molecule has 122 valence electrons. The van der Waals surface area contributed by atoms with Crippen molar-refractivity contribution < 1.29 is 4.79 Å². The summed E-state index contributed by atoms with van der Waals surface area (Å²) in [5.41, 5.74) is 0.516. The van der Waals surface area contributed by atoms with Gasteiger partial charge in [-0.1, -0.05) is 39.8 Å². The Bertz CT molecular complexity index is 680. The minimum atomic E-state index is 0. The number of benzene rings is 1. The monoisotopic (exact) mass is 413 g/mol. The van der Waals surface area contributed by atoms with Crippen molar-refractivity contribution in [3.05, 3.63) is 52.6 Å². The van der Waals surface area contributed by atoms with E-state index in [1.54, 1.807) is 17.8 Å². The van der Waals surface area contributed by atoms with Gasteiger partial charge in [0.15, 0.2) is 0 Å². The van der Waals surface area contributed by atoms with Gasteiger partial charge >= 0.3 is 0 Å². The van der Waals surface area contributed by atoms with Crippen LogP contribution in [-0.4, -0.2) is 42.0 Å². The lowest BCUT2D eigenvalue weighted by molar-refractivity contribution is 0.0729. The molecule has 0 spiro atoms. The second-order valence-electron chi connectivity index (χ2n) is 4.96. The number of hydrogen-bond acceptors (Lipinski definition) is 4. The summed E-state index contributed by atoms with van der Waals surface area (Å²) in [7, 11) is 0. The molecule has 23 heavy (non-hydrogen) atoms. The number of nitrogens with one attached hydrogen (secondary N) is 1. The van der Waals surface area contributed by atoms with Crippen molar-refractivity contribution in [1.29, 1.82) is 0 Å². The first kappa shape index (κ1) is 18.3. The number of piperazine rings is 1. The third-order valence-corrected chi connectivity index (χ3v) is 4.78. The zero-order valence-corrected chi connectivity index (χ0v) is 15.6. The van der Waals surface area contributed by atoms with Crippen molar-refractivity contribution in [1.82, 2.24) is 15.2 Å². The van der Waals surface area contributed by atoms with Crippen LogP contribution in [-0.2, 0) is 0 Å². The van der Waals surface area contributed by atoms with Crippen molar-refractivity contribution in [2.24, 2.45) is 0 Å². The van der Waals surface area contributed by atoms with Crippen molar-refractivity contribution in [2.75, 3.05) is 26.2 Å². The van der Waals surface area contributed by atoms with E-state index in [0.717, 1.165) is 40.6 Å². The van der Waals surface area contributed by atoms with Gasteiger partial charge in [0.25, 0.3) is 5.91 Å². The van der Waals surface area contributed by atoms with E-state index >= 15 is 0 Å². The van der Waals surface area contributed by atoms with E-state index in [9.17, 15) is 4.79 Å². The minimum absolute atomic E-state index is 0. The molecule has 1 amide bonds. The molecule has 1 aromatic heterocycles. The lowest BCUT2D eigenvalue weighted by Gasteiger charge is -2.27. The quantitative estimate of drug-likeness (QED) is 0.835. The molecule has 0 saturated carbocycles. The lowest BCUT2D eigenvalue weighted by atomic mass is 10.3. The number of halogens is 2. The second-order valence-corrected chi connectivity index (χ2v) is 6.97. The maximum Gasteiger partial charge on any atom is 0.272 e. The van der Waals surface area contributed by atoms with Crippen molar-refractivity contribution in [3.63, 3.8) is 0 Å². The number of rotatable bonds is 3. The molecule has 1 fully saturated rings. The van der Waals surface area contributed by atoms with Crippen LogP contribution in [0.2, 0.25) is 0 Å². The van der Waals surface area contributed by atoms with Crippen LogP contribution in [0.4, 0.5) is 0 Å². The van der Waals surface area contributed by atoms with Gasteiger partial charge < -0.3 is 10.2 Å². The van der Waals surface area contributed by atoms with Crippen LogP contribution in [0, 0.1) is 0 Å². The standard InChI is InChI=1S/C16H16BrN3OS.ClH/c17-12-3-1-4-13(11-12)22-15-6-2-5-14(19-15)16(21)20-9-7-18-8-10-20;/h1-6,11,18H,7-10H2;1H. The number of nitrogens with zero attached hydrogens (tertiary/aromatic N) is 2. The van der Waals surface area contributed by atoms with Gasteiger partial charge in [-0.2, -0.15) is 0 Å². The number of carbonyl (C=O) groups is 1. The van der Waals surface area contributed by atoms with Gasteiger partial charge in [-0.05, 0) is 30.3 Å². The third kappa shape index (κ3) is 4.94. The van der Waals surface area contributed by atoms with E-state index in [0.29, 0.717) is 5.69 Å². The Hall–Kier alpha value is -1.08.